The average molecular weight is 422 g/mol. The largest absolute Gasteiger partial charge is 0.447 e. The van der Waals surface area contributed by atoms with Crippen LogP contribution in [0.2, 0.25) is 0 Å². The number of H-pyrrole nitrogens is 1. The van der Waals surface area contributed by atoms with Crippen LogP contribution >= 0.6 is 0 Å². The van der Waals surface area contributed by atoms with E-state index in [1.54, 1.807) is 6.20 Å². The number of amides is 1. The molecule has 4 heterocycles. The quantitative estimate of drug-likeness (QED) is 0.599. The molecule has 0 spiro atoms. The minimum atomic E-state index is -4.21. The zero-order valence-corrected chi connectivity index (χ0v) is 16.0. The fourth-order valence-electron chi connectivity index (χ4n) is 4.55. The van der Waals surface area contributed by atoms with Crippen molar-refractivity contribution in [3.63, 3.8) is 0 Å². The number of aromatic nitrogens is 4. The van der Waals surface area contributed by atoms with Gasteiger partial charge >= 0.3 is 12.3 Å². The minimum absolute atomic E-state index is 0.0620. The molecule has 0 bridgehead atoms. The number of cyclic esters (lactones) is 1. The third-order valence-corrected chi connectivity index (χ3v) is 5.90. The Morgan fingerprint density at radius 2 is 2.07 bits per heavy atom. The Balaban J connectivity index is 1.48. The summed E-state index contributed by atoms with van der Waals surface area (Å²) < 4.78 is 44.8. The molecule has 1 saturated heterocycles. The topological polar surface area (TPSA) is 96.9 Å². The molecule has 2 aliphatic rings. The maximum absolute atomic E-state index is 12.5. The molecule has 8 nitrogen and oxygen atoms in total. The number of nitrogens with one attached hydrogen (secondary N) is 3. The van der Waals surface area contributed by atoms with E-state index in [4.69, 9.17) is 9.72 Å². The average Bonchev–Trinajstić information content (AvgIpc) is 3.43. The Hall–Kier alpha value is -2.82. The second kappa shape index (κ2) is 7.15. The summed E-state index contributed by atoms with van der Waals surface area (Å²) in [6.07, 6.45) is 1.51. The van der Waals surface area contributed by atoms with Crippen molar-refractivity contribution in [3.8, 4) is 0 Å². The number of alkyl halides is 3. The van der Waals surface area contributed by atoms with Gasteiger partial charge in [0.1, 0.15) is 29.6 Å². The van der Waals surface area contributed by atoms with Crippen LogP contribution in [0.1, 0.15) is 43.6 Å². The number of ether oxygens (including phenoxy) is 1. The van der Waals surface area contributed by atoms with E-state index < -0.39 is 18.8 Å². The van der Waals surface area contributed by atoms with Crippen LogP contribution < -0.4 is 10.6 Å². The molecule has 160 valence electrons. The lowest BCUT2D eigenvalue weighted by molar-refractivity contribution is -0.126. The highest BCUT2D eigenvalue weighted by atomic mass is 19.4. The first kappa shape index (κ1) is 19.2. The van der Waals surface area contributed by atoms with Crippen LogP contribution in [-0.2, 0) is 4.74 Å². The van der Waals surface area contributed by atoms with Gasteiger partial charge in [-0.25, -0.2) is 14.8 Å². The molecule has 0 radical (unpaired) electrons. The Labute approximate surface area is 169 Å². The van der Waals surface area contributed by atoms with Gasteiger partial charge in [-0.3, -0.25) is 0 Å². The highest BCUT2D eigenvalue weighted by Gasteiger charge is 2.34. The van der Waals surface area contributed by atoms with E-state index in [0.717, 1.165) is 22.1 Å². The van der Waals surface area contributed by atoms with Gasteiger partial charge in [-0.05, 0) is 31.7 Å². The van der Waals surface area contributed by atoms with Gasteiger partial charge < -0.3 is 24.9 Å². The maximum atomic E-state index is 12.5. The van der Waals surface area contributed by atoms with Crippen molar-refractivity contribution >= 4 is 28.2 Å². The molecular formula is C19H21F3N6O2. The highest BCUT2D eigenvalue weighted by molar-refractivity contribution is 6.01. The fourth-order valence-corrected chi connectivity index (χ4v) is 4.55. The molecule has 5 rings (SSSR count). The summed E-state index contributed by atoms with van der Waals surface area (Å²) in [5.41, 5.74) is 2.38. The Bertz CT molecular complexity index is 1080. The van der Waals surface area contributed by atoms with Crippen molar-refractivity contribution in [2.75, 3.05) is 13.2 Å². The summed E-state index contributed by atoms with van der Waals surface area (Å²) in [6.45, 7) is -0.781. The van der Waals surface area contributed by atoms with Crippen LogP contribution in [-0.4, -0.2) is 51.0 Å². The van der Waals surface area contributed by atoms with Gasteiger partial charge in [0.25, 0.3) is 0 Å². The van der Waals surface area contributed by atoms with Crippen molar-refractivity contribution in [2.24, 2.45) is 0 Å². The first-order valence-electron chi connectivity index (χ1n) is 9.96. The van der Waals surface area contributed by atoms with Crippen LogP contribution in [0, 0.1) is 0 Å². The third kappa shape index (κ3) is 3.47. The lowest BCUT2D eigenvalue weighted by Crippen LogP contribution is -2.39. The van der Waals surface area contributed by atoms with Gasteiger partial charge in [0, 0.05) is 23.7 Å². The van der Waals surface area contributed by atoms with Gasteiger partial charge in [0.2, 0.25) is 0 Å². The lowest BCUT2D eigenvalue weighted by atomic mass is 9.90. The maximum Gasteiger partial charge on any atom is 0.407 e. The lowest BCUT2D eigenvalue weighted by Gasteiger charge is -2.32. The molecule has 1 aliphatic carbocycles. The second-order valence-electron chi connectivity index (χ2n) is 7.87. The number of imidazole rings is 1. The monoisotopic (exact) mass is 422 g/mol. The molecule has 1 atom stereocenters. The van der Waals surface area contributed by atoms with Crippen LogP contribution in [0.15, 0.2) is 18.5 Å². The van der Waals surface area contributed by atoms with Crippen molar-refractivity contribution in [1.29, 1.82) is 0 Å². The van der Waals surface area contributed by atoms with E-state index in [0.29, 0.717) is 31.5 Å². The van der Waals surface area contributed by atoms with Gasteiger partial charge in [-0.1, -0.05) is 0 Å². The zero-order valence-electron chi connectivity index (χ0n) is 16.0. The fraction of sp³-hybridized carbons (Fsp3) is 0.526. The van der Waals surface area contributed by atoms with Crippen molar-refractivity contribution < 1.29 is 22.7 Å². The molecule has 3 aromatic heterocycles. The number of pyridine rings is 1. The van der Waals surface area contributed by atoms with Crippen LogP contribution in [0.25, 0.3) is 22.1 Å². The molecule has 2 fully saturated rings. The molecule has 1 unspecified atom stereocenters. The third-order valence-electron chi connectivity index (χ3n) is 5.90. The van der Waals surface area contributed by atoms with Crippen molar-refractivity contribution in [3.05, 3.63) is 24.3 Å². The molecule has 1 aliphatic heterocycles. The Morgan fingerprint density at radius 3 is 2.77 bits per heavy atom. The van der Waals surface area contributed by atoms with Gasteiger partial charge in [-0.15, -0.1) is 0 Å². The summed E-state index contributed by atoms with van der Waals surface area (Å²) in [7, 11) is 0. The number of carbonyl (C=O) groups is 1. The molecule has 0 aromatic carbocycles. The summed E-state index contributed by atoms with van der Waals surface area (Å²) in [6, 6.07) is 1.46. The smallest absolute Gasteiger partial charge is 0.407 e. The SMILES string of the molecule is O=C1NC(c2nc3cnc4[nH]ccc4c3n2C2CCC(NCC(F)(F)F)CC2)CO1. The molecule has 3 aromatic rings. The van der Waals surface area contributed by atoms with Crippen LogP contribution in [0.5, 0.6) is 0 Å². The molecule has 1 amide bonds. The van der Waals surface area contributed by atoms with Crippen LogP contribution in [0.3, 0.4) is 0 Å². The van der Waals surface area contributed by atoms with Crippen LogP contribution in [0.4, 0.5) is 18.0 Å². The van der Waals surface area contributed by atoms with E-state index in [-0.39, 0.29) is 24.7 Å². The first-order chi connectivity index (χ1) is 14.4. The Kier molecular flexibility index (Phi) is 4.57. The summed E-state index contributed by atoms with van der Waals surface area (Å²) in [5, 5.41) is 6.34. The number of hydrogen-bond donors (Lipinski definition) is 3. The van der Waals surface area contributed by atoms with E-state index >= 15 is 0 Å². The number of halogens is 3. The zero-order chi connectivity index (χ0) is 20.9. The predicted octanol–water partition coefficient (Wildman–Crippen LogP) is 3.33. The standard InChI is InChI=1S/C19H21F3N6O2/c20-19(21,22)9-25-10-1-3-11(4-2-10)28-15-12-5-6-23-16(12)24-7-13(15)26-17(28)14-8-30-18(29)27-14/h5-7,10-11,14,25H,1-4,8-9H2,(H,23,24)(H,27,29). The summed E-state index contributed by atoms with van der Waals surface area (Å²) >= 11 is 0. The molecule has 30 heavy (non-hydrogen) atoms. The van der Waals surface area contributed by atoms with Crippen molar-refractivity contribution in [1.82, 2.24) is 30.2 Å². The predicted molar refractivity (Wildman–Crippen MR) is 102 cm³/mol. The number of rotatable bonds is 4. The second-order valence-corrected chi connectivity index (χ2v) is 7.87. The molecular weight excluding hydrogens is 401 g/mol. The normalized spacial score (nSPS) is 25.0. The van der Waals surface area contributed by atoms with Gasteiger partial charge in [-0.2, -0.15) is 13.2 Å². The van der Waals surface area contributed by atoms with Gasteiger partial charge in [0.15, 0.2) is 0 Å². The van der Waals surface area contributed by atoms with Gasteiger partial charge in [0.05, 0.1) is 18.3 Å². The summed E-state index contributed by atoms with van der Waals surface area (Å²) in [4.78, 5) is 23.9. The Morgan fingerprint density at radius 1 is 1.27 bits per heavy atom. The number of alkyl carbamates (subject to hydrolysis) is 1. The van der Waals surface area contributed by atoms with E-state index in [1.807, 2.05) is 12.3 Å². The molecule has 1 saturated carbocycles. The minimum Gasteiger partial charge on any atom is -0.447 e. The number of aromatic amines is 1. The van der Waals surface area contributed by atoms with Crippen molar-refractivity contribution in [2.45, 2.75) is 50.0 Å². The number of carbonyl (C=O) groups excluding carboxylic acids is 1. The first-order valence-corrected chi connectivity index (χ1v) is 9.96. The van der Waals surface area contributed by atoms with E-state index in [2.05, 4.69) is 25.2 Å². The number of hydrogen-bond acceptors (Lipinski definition) is 5. The molecule has 11 heteroatoms. The molecule has 3 N–H and O–H groups in total. The van der Waals surface area contributed by atoms with E-state index in [1.165, 1.54) is 0 Å². The summed E-state index contributed by atoms with van der Waals surface area (Å²) in [5.74, 6) is 0.693. The number of fused-ring (bicyclic) bond motifs is 3. The highest BCUT2D eigenvalue weighted by Crippen LogP contribution is 2.37. The van der Waals surface area contributed by atoms with E-state index in [9.17, 15) is 18.0 Å². The number of nitrogens with zero attached hydrogens (tertiary/aromatic N) is 3.